The van der Waals surface area contributed by atoms with Crippen LogP contribution in [0.25, 0.3) is 11.1 Å². The number of benzene rings is 2. The van der Waals surface area contributed by atoms with E-state index in [0.29, 0.717) is 16.9 Å². The summed E-state index contributed by atoms with van der Waals surface area (Å²) in [6, 6.07) is 14.0. The molecule has 1 aliphatic heterocycles. The largest absolute Gasteiger partial charge is 0.481 e. The van der Waals surface area contributed by atoms with E-state index in [4.69, 9.17) is 20.3 Å². The summed E-state index contributed by atoms with van der Waals surface area (Å²) in [6.45, 7) is -0.0519. The molecule has 0 unspecified atom stereocenters. The number of hydrogen-bond acceptors (Lipinski definition) is 7. The van der Waals surface area contributed by atoms with Crippen molar-refractivity contribution >= 4 is 5.97 Å². The molecule has 3 rings (SSSR count). The van der Waals surface area contributed by atoms with Crippen LogP contribution < -0.4 is 10.5 Å². The first kappa shape index (κ1) is 20.2. The molecule has 28 heavy (non-hydrogen) atoms. The Hall–Kier alpha value is -2.49. The molecule has 1 aliphatic rings. The summed E-state index contributed by atoms with van der Waals surface area (Å²) < 4.78 is 11.3. The molecule has 1 saturated heterocycles. The number of aliphatic hydroxyl groups is 3. The third-order valence-corrected chi connectivity index (χ3v) is 4.62. The monoisotopic (exact) mass is 389 g/mol. The van der Waals surface area contributed by atoms with E-state index in [1.54, 1.807) is 42.5 Å². The Labute approximate surface area is 161 Å². The number of carboxylic acid groups (broad SMARTS) is 1. The Morgan fingerprint density at radius 2 is 1.79 bits per heavy atom. The van der Waals surface area contributed by atoms with Gasteiger partial charge in [-0.1, -0.05) is 42.5 Å². The van der Waals surface area contributed by atoms with Crippen LogP contribution in [0.2, 0.25) is 0 Å². The zero-order valence-corrected chi connectivity index (χ0v) is 15.0. The fourth-order valence-electron chi connectivity index (χ4n) is 3.17. The van der Waals surface area contributed by atoms with Crippen LogP contribution in [0.4, 0.5) is 0 Å². The summed E-state index contributed by atoms with van der Waals surface area (Å²) in [5, 5.41) is 39.2. The van der Waals surface area contributed by atoms with Crippen molar-refractivity contribution in [2.75, 3.05) is 6.54 Å². The molecule has 1 fully saturated rings. The third kappa shape index (κ3) is 4.32. The molecule has 0 bridgehead atoms. The number of aliphatic hydroxyl groups excluding tert-OH is 3. The number of rotatable bonds is 6. The summed E-state index contributed by atoms with van der Waals surface area (Å²) >= 11 is 0. The lowest BCUT2D eigenvalue weighted by molar-refractivity contribution is -0.269. The normalized spacial score (nSPS) is 27.4. The standard InChI is InChI=1S/C20H23NO7/c21-10-15-17(24)18(25)19(26)20(28-15)27-14-7-2-1-6-13(14)12-5-3-4-11(8-12)9-16(22)23/h1-8,15,17-20,24-26H,9-10,21H2,(H,22,23)/t15-,17-,18+,19+,20-/m1/s1. The molecule has 5 atom stereocenters. The van der Waals surface area contributed by atoms with Crippen LogP contribution in [0.5, 0.6) is 5.75 Å². The molecule has 1 heterocycles. The van der Waals surface area contributed by atoms with Gasteiger partial charge < -0.3 is 35.6 Å². The number of hydrogen-bond donors (Lipinski definition) is 5. The van der Waals surface area contributed by atoms with Crippen molar-refractivity contribution in [1.29, 1.82) is 0 Å². The lowest BCUT2D eigenvalue weighted by atomic mass is 9.98. The first-order chi connectivity index (χ1) is 13.4. The quantitative estimate of drug-likeness (QED) is 0.469. The second kappa shape index (κ2) is 8.68. The van der Waals surface area contributed by atoms with E-state index in [1.165, 1.54) is 0 Å². The van der Waals surface area contributed by atoms with Crippen molar-refractivity contribution < 1.29 is 34.7 Å². The Morgan fingerprint density at radius 3 is 2.50 bits per heavy atom. The average molecular weight is 389 g/mol. The fourth-order valence-corrected chi connectivity index (χ4v) is 3.17. The minimum absolute atomic E-state index is 0.0519. The second-order valence-electron chi connectivity index (χ2n) is 6.64. The lowest BCUT2D eigenvalue weighted by Gasteiger charge is -2.40. The molecule has 150 valence electrons. The van der Waals surface area contributed by atoms with Crippen molar-refractivity contribution in [2.45, 2.75) is 37.1 Å². The van der Waals surface area contributed by atoms with Crippen LogP contribution in [0, 0.1) is 0 Å². The van der Waals surface area contributed by atoms with Crippen molar-refractivity contribution in [1.82, 2.24) is 0 Å². The number of aliphatic carboxylic acids is 1. The highest BCUT2D eigenvalue weighted by Gasteiger charge is 2.44. The van der Waals surface area contributed by atoms with Gasteiger partial charge in [0.25, 0.3) is 0 Å². The van der Waals surface area contributed by atoms with Gasteiger partial charge in [-0.05, 0) is 17.2 Å². The van der Waals surface area contributed by atoms with Gasteiger partial charge in [-0.3, -0.25) is 4.79 Å². The highest BCUT2D eigenvalue weighted by Crippen LogP contribution is 2.33. The van der Waals surface area contributed by atoms with Crippen LogP contribution in [-0.2, 0) is 16.0 Å². The maximum absolute atomic E-state index is 11.0. The number of carboxylic acids is 1. The van der Waals surface area contributed by atoms with E-state index in [0.717, 1.165) is 5.56 Å². The SMILES string of the molecule is NC[C@H]1O[C@@H](Oc2ccccc2-c2cccc(CC(=O)O)c2)[C@@H](O)[C@@H](O)[C@@H]1O. The van der Waals surface area contributed by atoms with Crippen molar-refractivity contribution in [3.05, 3.63) is 54.1 Å². The minimum Gasteiger partial charge on any atom is -0.481 e. The number of ether oxygens (including phenoxy) is 2. The van der Waals surface area contributed by atoms with Crippen molar-refractivity contribution in [3.63, 3.8) is 0 Å². The van der Waals surface area contributed by atoms with Gasteiger partial charge >= 0.3 is 5.97 Å². The molecule has 2 aromatic rings. The first-order valence-corrected chi connectivity index (χ1v) is 8.87. The number of carbonyl (C=O) groups is 1. The van der Waals surface area contributed by atoms with E-state index < -0.39 is 36.7 Å². The summed E-state index contributed by atoms with van der Waals surface area (Å²) in [7, 11) is 0. The van der Waals surface area contributed by atoms with Crippen LogP contribution in [0.15, 0.2) is 48.5 Å². The van der Waals surface area contributed by atoms with E-state index in [1.807, 2.05) is 6.07 Å². The lowest BCUT2D eigenvalue weighted by Crippen LogP contribution is -2.60. The molecule has 0 saturated carbocycles. The van der Waals surface area contributed by atoms with Crippen LogP contribution in [-0.4, -0.2) is 63.6 Å². The topological polar surface area (TPSA) is 142 Å². The van der Waals surface area contributed by atoms with Gasteiger partial charge in [0.2, 0.25) is 6.29 Å². The minimum atomic E-state index is -1.47. The van der Waals surface area contributed by atoms with Crippen LogP contribution >= 0.6 is 0 Å². The van der Waals surface area contributed by atoms with Gasteiger partial charge in [0, 0.05) is 12.1 Å². The van der Waals surface area contributed by atoms with Crippen LogP contribution in [0.1, 0.15) is 5.56 Å². The van der Waals surface area contributed by atoms with Gasteiger partial charge in [0.1, 0.15) is 30.2 Å². The van der Waals surface area contributed by atoms with E-state index in [9.17, 15) is 20.1 Å². The summed E-state index contributed by atoms with van der Waals surface area (Å²) in [4.78, 5) is 11.0. The summed E-state index contributed by atoms with van der Waals surface area (Å²) in [5.74, 6) is -0.556. The highest BCUT2D eigenvalue weighted by atomic mass is 16.7. The molecule has 8 heteroatoms. The molecule has 0 spiro atoms. The summed E-state index contributed by atoms with van der Waals surface area (Å²) in [5.41, 5.74) is 7.58. The number of para-hydroxylation sites is 1. The van der Waals surface area contributed by atoms with Crippen molar-refractivity contribution in [3.8, 4) is 16.9 Å². The molecule has 0 aromatic heterocycles. The second-order valence-corrected chi connectivity index (χ2v) is 6.64. The molecular formula is C20H23NO7. The third-order valence-electron chi connectivity index (χ3n) is 4.62. The smallest absolute Gasteiger partial charge is 0.307 e. The predicted octanol–water partition coefficient (Wildman–Crippen LogP) is 0.126. The molecule has 2 aromatic carbocycles. The van der Waals surface area contributed by atoms with Gasteiger partial charge in [-0.15, -0.1) is 0 Å². The highest BCUT2D eigenvalue weighted by molar-refractivity contribution is 5.74. The van der Waals surface area contributed by atoms with Crippen LogP contribution in [0.3, 0.4) is 0 Å². The maximum atomic E-state index is 11.0. The molecule has 0 amide bonds. The van der Waals surface area contributed by atoms with E-state index >= 15 is 0 Å². The van der Waals surface area contributed by atoms with Crippen molar-refractivity contribution in [2.24, 2.45) is 5.73 Å². The zero-order chi connectivity index (χ0) is 20.3. The Bertz CT molecular complexity index is 826. The average Bonchev–Trinajstić information content (AvgIpc) is 2.68. The Balaban J connectivity index is 1.88. The maximum Gasteiger partial charge on any atom is 0.307 e. The molecule has 0 aliphatic carbocycles. The van der Waals surface area contributed by atoms with Gasteiger partial charge in [0.15, 0.2) is 0 Å². The first-order valence-electron chi connectivity index (χ1n) is 8.87. The molecular weight excluding hydrogens is 366 g/mol. The number of nitrogens with two attached hydrogens (primary N) is 1. The van der Waals surface area contributed by atoms with E-state index in [2.05, 4.69) is 0 Å². The molecule has 6 N–H and O–H groups in total. The zero-order valence-electron chi connectivity index (χ0n) is 15.0. The van der Waals surface area contributed by atoms with Gasteiger partial charge in [0.05, 0.1) is 6.42 Å². The molecule has 8 nitrogen and oxygen atoms in total. The van der Waals surface area contributed by atoms with Gasteiger partial charge in [-0.25, -0.2) is 0 Å². The van der Waals surface area contributed by atoms with Gasteiger partial charge in [-0.2, -0.15) is 0 Å². The summed E-state index contributed by atoms with van der Waals surface area (Å²) in [6.07, 6.45) is -6.46. The Kier molecular flexibility index (Phi) is 6.28. The predicted molar refractivity (Wildman–Crippen MR) is 99.6 cm³/mol. The van der Waals surface area contributed by atoms with E-state index in [-0.39, 0.29) is 13.0 Å². The Morgan fingerprint density at radius 1 is 1.04 bits per heavy atom. The fraction of sp³-hybridized carbons (Fsp3) is 0.350. The molecule has 0 radical (unpaired) electrons.